The van der Waals surface area contributed by atoms with Crippen LogP contribution in [0.25, 0.3) is 10.8 Å². The molecule has 0 radical (unpaired) electrons. The van der Waals surface area contributed by atoms with Crippen molar-refractivity contribution in [2.24, 2.45) is 0 Å². The van der Waals surface area contributed by atoms with E-state index in [1.54, 1.807) is 0 Å². The van der Waals surface area contributed by atoms with Crippen molar-refractivity contribution >= 4 is 16.7 Å². The highest BCUT2D eigenvalue weighted by atomic mass is 16.5. The second-order valence-corrected chi connectivity index (χ2v) is 5.89. The number of carbonyl (C=O) groups excluding carboxylic acids is 1. The van der Waals surface area contributed by atoms with Gasteiger partial charge in [0.2, 0.25) is 0 Å². The minimum absolute atomic E-state index is 0.177. The molecule has 0 aliphatic carbocycles. The molecule has 0 aliphatic rings. The van der Waals surface area contributed by atoms with Crippen LogP contribution in [-0.2, 0) is 11.3 Å². The van der Waals surface area contributed by atoms with Gasteiger partial charge in [0.05, 0.1) is 19.7 Å². The van der Waals surface area contributed by atoms with Gasteiger partial charge >= 0.3 is 0 Å². The summed E-state index contributed by atoms with van der Waals surface area (Å²) in [4.78, 5) is 23.9. The summed E-state index contributed by atoms with van der Waals surface area (Å²) < 4.78 is 11.8. The second-order valence-electron chi connectivity index (χ2n) is 5.89. The second kappa shape index (κ2) is 8.95. The molecule has 0 saturated carbocycles. The average Bonchev–Trinajstić information content (AvgIpc) is 2.70. The lowest BCUT2D eigenvalue weighted by Crippen LogP contribution is -2.32. The average molecular weight is 367 g/mol. The van der Waals surface area contributed by atoms with E-state index in [-0.39, 0.29) is 17.2 Å². The first-order valence-electron chi connectivity index (χ1n) is 8.64. The van der Waals surface area contributed by atoms with Gasteiger partial charge in [0.1, 0.15) is 18.1 Å². The summed E-state index contributed by atoms with van der Waals surface area (Å²) >= 11 is 0. The van der Waals surface area contributed by atoms with Gasteiger partial charge < -0.3 is 14.8 Å². The number of nitrogens with one attached hydrogen (secondary N) is 1. The minimum atomic E-state index is -0.358. The molecule has 7 nitrogen and oxygen atoms in total. The van der Waals surface area contributed by atoms with Gasteiger partial charge in [0.15, 0.2) is 0 Å². The lowest BCUT2D eigenvalue weighted by molar-refractivity contribution is 0.0938. The topological polar surface area (TPSA) is 82.5 Å². The summed E-state index contributed by atoms with van der Waals surface area (Å²) in [5.74, 6) is 0.387. The molecule has 0 spiro atoms. The number of benzene rings is 2. The van der Waals surface area contributed by atoms with Crippen molar-refractivity contribution in [3.05, 3.63) is 70.6 Å². The molecule has 1 aromatic heterocycles. The molecule has 140 valence electrons. The molecule has 0 fully saturated rings. The summed E-state index contributed by atoms with van der Waals surface area (Å²) in [6.45, 7) is 1.29. The number of amides is 1. The van der Waals surface area contributed by atoms with Gasteiger partial charge in [-0.25, -0.2) is 4.68 Å². The van der Waals surface area contributed by atoms with Crippen LogP contribution >= 0.6 is 0 Å². The van der Waals surface area contributed by atoms with E-state index < -0.39 is 0 Å². The van der Waals surface area contributed by atoms with Crippen LogP contribution in [0.3, 0.4) is 0 Å². The Bertz CT molecular complexity index is 984. The number of rotatable bonds is 8. The third-order valence-electron chi connectivity index (χ3n) is 3.98. The molecule has 0 unspecified atom stereocenters. The summed E-state index contributed by atoms with van der Waals surface area (Å²) in [5, 5.41) is 9.03. The molecule has 3 rings (SSSR count). The van der Waals surface area contributed by atoms with Gasteiger partial charge in [-0.05, 0) is 29.0 Å². The van der Waals surface area contributed by atoms with E-state index in [4.69, 9.17) is 9.47 Å². The zero-order valence-corrected chi connectivity index (χ0v) is 15.1. The Morgan fingerprint density at radius 3 is 2.70 bits per heavy atom. The Kier molecular flexibility index (Phi) is 6.17. The first kappa shape index (κ1) is 18.6. The maximum atomic E-state index is 12.2. The zero-order valence-electron chi connectivity index (χ0n) is 15.1. The Morgan fingerprint density at radius 1 is 1.07 bits per heavy atom. The van der Waals surface area contributed by atoms with Crippen LogP contribution in [0.1, 0.15) is 10.5 Å². The third kappa shape index (κ3) is 4.92. The fraction of sp³-hybridized carbons (Fsp3) is 0.250. The molecule has 1 heterocycles. The van der Waals surface area contributed by atoms with Gasteiger partial charge in [-0.15, -0.1) is 0 Å². The zero-order chi connectivity index (χ0) is 19.1. The fourth-order valence-electron chi connectivity index (χ4n) is 2.59. The maximum absolute atomic E-state index is 12.2. The fourth-order valence-corrected chi connectivity index (χ4v) is 2.59. The molecule has 1 N–H and O–H groups in total. The first-order chi connectivity index (χ1) is 13.2. The highest BCUT2D eigenvalue weighted by molar-refractivity contribution is 5.92. The normalized spacial score (nSPS) is 10.7. The van der Waals surface area contributed by atoms with Crippen LogP contribution in [0.15, 0.2) is 59.4 Å². The molecular weight excluding hydrogens is 346 g/mol. The predicted octanol–water partition coefficient (Wildman–Crippen LogP) is 1.85. The van der Waals surface area contributed by atoms with Crippen LogP contribution in [0.2, 0.25) is 0 Å². The number of hydrogen-bond donors (Lipinski definition) is 1. The van der Waals surface area contributed by atoms with Crippen molar-refractivity contribution in [1.29, 1.82) is 0 Å². The lowest BCUT2D eigenvalue weighted by Gasteiger charge is -2.09. The molecule has 2 aromatic carbocycles. The number of nitrogens with zero attached hydrogens (tertiary/aromatic N) is 2. The van der Waals surface area contributed by atoms with Crippen molar-refractivity contribution in [2.45, 2.75) is 6.54 Å². The van der Waals surface area contributed by atoms with Crippen molar-refractivity contribution in [1.82, 2.24) is 15.1 Å². The molecule has 3 aromatic rings. The van der Waals surface area contributed by atoms with Crippen molar-refractivity contribution in [2.75, 3.05) is 26.9 Å². The van der Waals surface area contributed by atoms with E-state index in [9.17, 15) is 9.59 Å². The molecule has 0 bridgehead atoms. The summed E-state index contributed by atoms with van der Waals surface area (Å²) in [6, 6.07) is 16.6. The molecule has 7 heteroatoms. The van der Waals surface area contributed by atoms with E-state index in [0.29, 0.717) is 26.3 Å². The molecule has 0 aliphatic heterocycles. The van der Waals surface area contributed by atoms with E-state index in [2.05, 4.69) is 10.4 Å². The lowest BCUT2D eigenvalue weighted by atomic mass is 10.1. The molecule has 0 saturated heterocycles. The van der Waals surface area contributed by atoms with Crippen molar-refractivity contribution < 1.29 is 14.3 Å². The number of fused-ring (bicyclic) bond motifs is 1. The first-order valence-corrected chi connectivity index (χ1v) is 8.64. The molecule has 1 amide bonds. The highest BCUT2D eigenvalue weighted by Crippen LogP contribution is 2.20. The summed E-state index contributed by atoms with van der Waals surface area (Å²) in [6.07, 6.45) is 0. The van der Waals surface area contributed by atoms with Crippen LogP contribution in [0, 0.1) is 0 Å². The SMILES string of the molecule is COCCn1nc(C(=O)NCCOc2ccc3ccccc3c2)ccc1=O. The Labute approximate surface area is 156 Å². The van der Waals surface area contributed by atoms with Gasteiger partial charge in [-0.3, -0.25) is 9.59 Å². The monoisotopic (exact) mass is 367 g/mol. The van der Waals surface area contributed by atoms with Gasteiger partial charge in [-0.1, -0.05) is 30.3 Å². The largest absolute Gasteiger partial charge is 0.492 e. The van der Waals surface area contributed by atoms with Crippen LogP contribution in [0.4, 0.5) is 0 Å². The minimum Gasteiger partial charge on any atom is -0.492 e. The van der Waals surface area contributed by atoms with Crippen LogP contribution < -0.4 is 15.6 Å². The smallest absolute Gasteiger partial charge is 0.271 e. The number of aromatic nitrogens is 2. The van der Waals surface area contributed by atoms with E-state index in [1.807, 2.05) is 42.5 Å². The Balaban J connectivity index is 1.52. The standard InChI is InChI=1S/C20H21N3O4/c1-26-13-11-23-19(24)9-8-18(22-23)20(25)21-10-12-27-17-7-6-15-4-2-3-5-16(15)14-17/h2-9,14H,10-13H2,1H3,(H,21,25). The van der Waals surface area contributed by atoms with E-state index in [1.165, 1.54) is 23.9 Å². The maximum Gasteiger partial charge on any atom is 0.271 e. The highest BCUT2D eigenvalue weighted by Gasteiger charge is 2.09. The molecule has 27 heavy (non-hydrogen) atoms. The molecular formula is C20H21N3O4. The Hall–Kier alpha value is -3.19. The van der Waals surface area contributed by atoms with E-state index in [0.717, 1.165) is 16.5 Å². The van der Waals surface area contributed by atoms with Gasteiger partial charge in [-0.2, -0.15) is 5.10 Å². The number of hydrogen-bond acceptors (Lipinski definition) is 5. The Morgan fingerprint density at radius 2 is 1.89 bits per heavy atom. The number of carbonyl (C=O) groups is 1. The quantitative estimate of drug-likeness (QED) is 0.615. The van der Waals surface area contributed by atoms with Gasteiger partial charge in [0.25, 0.3) is 11.5 Å². The van der Waals surface area contributed by atoms with Gasteiger partial charge in [0, 0.05) is 13.2 Å². The third-order valence-corrected chi connectivity index (χ3v) is 3.98. The van der Waals surface area contributed by atoms with Crippen LogP contribution in [0.5, 0.6) is 5.75 Å². The number of ether oxygens (including phenoxy) is 2. The summed E-state index contributed by atoms with van der Waals surface area (Å²) in [5.41, 5.74) is -0.0976. The van der Waals surface area contributed by atoms with Crippen molar-refractivity contribution in [3.63, 3.8) is 0 Å². The van der Waals surface area contributed by atoms with Crippen LogP contribution in [-0.4, -0.2) is 42.6 Å². The van der Waals surface area contributed by atoms with E-state index >= 15 is 0 Å². The number of methoxy groups -OCH3 is 1. The molecule has 0 atom stereocenters. The van der Waals surface area contributed by atoms with Crippen molar-refractivity contribution in [3.8, 4) is 5.75 Å². The predicted molar refractivity (Wildman–Crippen MR) is 102 cm³/mol. The summed E-state index contributed by atoms with van der Waals surface area (Å²) in [7, 11) is 1.54.